The normalized spacial score (nSPS) is 10.9. The summed E-state index contributed by atoms with van der Waals surface area (Å²) in [6.45, 7) is 7.55. The highest BCUT2D eigenvalue weighted by atomic mass is 16.5. The van der Waals surface area contributed by atoms with Gasteiger partial charge in [-0.1, -0.05) is 36.4 Å². The fourth-order valence-electron chi connectivity index (χ4n) is 3.52. The third kappa shape index (κ3) is 3.85. The van der Waals surface area contributed by atoms with Crippen molar-refractivity contribution in [2.24, 2.45) is 0 Å². The first-order valence-electron chi connectivity index (χ1n) is 9.68. The summed E-state index contributed by atoms with van der Waals surface area (Å²) in [5.74, 6) is -0.405. The van der Waals surface area contributed by atoms with E-state index in [-0.39, 0.29) is 0 Å². The van der Waals surface area contributed by atoms with Crippen LogP contribution in [0.15, 0.2) is 73.4 Å². The maximum absolute atomic E-state index is 12.1. The number of hydrogen-bond donors (Lipinski definition) is 1. The van der Waals surface area contributed by atoms with Crippen LogP contribution in [0.4, 0.5) is 5.69 Å². The number of carbonyl (C=O) groups excluding carboxylic acids is 1. The fraction of sp³-hybridized carbons (Fsp3) is 0.167. The van der Waals surface area contributed by atoms with E-state index in [1.165, 1.54) is 5.56 Å². The van der Waals surface area contributed by atoms with Crippen LogP contribution in [-0.2, 0) is 11.3 Å². The van der Waals surface area contributed by atoms with Gasteiger partial charge in [0.2, 0.25) is 0 Å². The van der Waals surface area contributed by atoms with Crippen LogP contribution in [0.1, 0.15) is 23.0 Å². The average molecular weight is 385 g/mol. The summed E-state index contributed by atoms with van der Waals surface area (Å²) >= 11 is 0. The van der Waals surface area contributed by atoms with Crippen molar-refractivity contribution in [3.8, 4) is 0 Å². The topological polar surface area (TPSA) is 58.2 Å². The van der Waals surface area contributed by atoms with E-state index < -0.39 is 5.97 Å². The molecule has 0 aliphatic carbocycles. The molecule has 0 aliphatic rings. The van der Waals surface area contributed by atoms with Gasteiger partial charge in [0.1, 0.15) is 5.69 Å². The minimum atomic E-state index is -0.405. The van der Waals surface area contributed by atoms with Crippen molar-refractivity contribution >= 4 is 33.5 Å². The van der Waals surface area contributed by atoms with Gasteiger partial charge < -0.3 is 14.6 Å². The van der Waals surface area contributed by atoms with Crippen LogP contribution in [0.3, 0.4) is 0 Å². The van der Waals surface area contributed by atoms with Gasteiger partial charge in [-0.2, -0.15) is 0 Å². The molecule has 0 aliphatic heterocycles. The molecule has 5 nitrogen and oxygen atoms in total. The highest BCUT2D eigenvalue weighted by Gasteiger charge is 2.14. The molecule has 1 N–H and O–H groups in total. The zero-order valence-electron chi connectivity index (χ0n) is 16.4. The Balaban J connectivity index is 1.76. The average Bonchev–Trinajstić information content (AvgIpc) is 3.11. The van der Waals surface area contributed by atoms with Gasteiger partial charge in [-0.3, -0.25) is 0 Å². The number of anilines is 1. The number of rotatable bonds is 7. The monoisotopic (exact) mass is 385 g/mol. The Morgan fingerprint density at radius 2 is 1.93 bits per heavy atom. The molecule has 2 aromatic heterocycles. The number of H-pyrrole nitrogens is 1. The van der Waals surface area contributed by atoms with Gasteiger partial charge in [-0.05, 0) is 36.8 Å². The SMILES string of the molecule is C=CCN(Cc1ccccc1)c1ccc2[nH]c3cnc(C(=O)OCC)cc3c2c1. The molecule has 0 radical (unpaired) electrons. The zero-order valence-corrected chi connectivity index (χ0v) is 16.4. The smallest absolute Gasteiger partial charge is 0.356 e. The van der Waals surface area contributed by atoms with Crippen LogP contribution in [0.25, 0.3) is 21.8 Å². The number of aromatic nitrogens is 2. The maximum Gasteiger partial charge on any atom is 0.356 e. The van der Waals surface area contributed by atoms with Crippen LogP contribution in [0.5, 0.6) is 0 Å². The van der Waals surface area contributed by atoms with Crippen molar-refractivity contribution in [2.75, 3.05) is 18.1 Å². The standard InChI is InChI=1S/C24H23N3O2/c1-3-12-27(16-17-8-6-5-7-9-17)18-10-11-21-19(13-18)20-14-22(24(28)29-4-2)25-15-23(20)26-21/h3,5-11,13-15,26H,1,4,12,16H2,2H3. The molecule has 0 saturated carbocycles. The quantitative estimate of drug-likeness (QED) is 0.356. The van der Waals surface area contributed by atoms with Crippen molar-refractivity contribution in [3.05, 3.63) is 84.7 Å². The van der Waals surface area contributed by atoms with Gasteiger partial charge in [-0.15, -0.1) is 6.58 Å². The number of pyridine rings is 1. The molecule has 4 rings (SSSR count). The van der Waals surface area contributed by atoms with Gasteiger partial charge >= 0.3 is 5.97 Å². The second-order valence-electron chi connectivity index (χ2n) is 6.85. The van der Waals surface area contributed by atoms with Gasteiger partial charge in [0.05, 0.1) is 18.3 Å². The summed E-state index contributed by atoms with van der Waals surface area (Å²) in [7, 11) is 0. The second-order valence-corrected chi connectivity index (χ2v) is 6.85. The van der Waals surface area contributed by atoms with Crippen molar-refractivity contribution in [3.63, 3.8) is 0 Å². The van der Waals surface area contributed by atoms with E-state index in [4.69, 9.17) is 4.74 Å². The number of esters is 1. The molecule has 29 heavy (non-hydrogen) atoms. The second kappa shape index (κ2) is 8.19. The zero-order chi connectivity index (χ0) is 20.2. The number of aromatic amines is 1. The molecule has 0 unspecified atom stereocenters. The van der Waals surface area contributed by atoms with Crippen molar-refractivity contribution in [1.29, 1.82) is 0 Å². The lowest BCUT2D eigenvalue weighted by molar-refractivity contribution is 0.0520. The minimum Gasteiger partial charge on any atom is -0.461 e. The number of benzene rings is 2. The molecular formula is C24H23N3O2. The fourth-order valence-corrected chi connectivity index (χ4v) is 3.52. The minimum absolute atomic E-state index is 0.317. The Morgan fingerprint density at radius 3 is 2.69 bits per heavy atom. The highest BCUT2D eigenvalue weighted by Crippen LogP contribution is 2.30. The first-order chi connectivity index (χ1) is 14.2. The lowest BCUT2D eigenvalue weighted by Crippen LogP contribution is -2.22. The molecule has 4 aromatic rings. The van der Waals surface area contributed by atoms with Crippen molar-refractivity contribution in [1.82, 2.24) is 9.97 Å². The molecule has 0 fully saturated rings. The van der Waals surface area contributed by atoms with E-state index in [9.17, 15) is 4.79 Å². The predicted molar refractivity (Wildman–Crippen MR) is 117 cm³/mol. The summed E-state index contributed by atoms with van der Waals surface area (Å²) in [6.07, 6.45) is 3.60. The van der Waals surface area contributed by atoms with E-state index in [1.54, 1.807) is 19.2 Å². The Hall–Kier alpha value is -3.60. The van der Waals surface area contributed by atoms with E-state index >= 15 is 0 Å². The Morgan fingerprint density at radius 1 is 1.14 bits per heavy atom. The van der Waals surface area contributed by atoms with Crippen molar-refractivity contribution < 1.29 is 9.53 Å². The van der Waals surface area contributed by atoms with Gasteiger partial charge in [0.25, 0.3) is 0 Å². The maximum atomic E-state index is 12.1. The van der Waals surface area contributed by atoms with Crippen LogP contribution in [-0.4, -0.2) is 29.1 Å². The molecule has 2 heterocycles. The Kier molecular flexibility index (Phi) is 5.29. The van der Waals surface area contributed by atoms with Gasteiger partial charge in [0, 0.05) is 35.1 Å². The summed E-state index contributed by atoms with van der Waals surface area (Å²) in [5.41, 5.74) is 4.55. The van der Waals surface area contributed by atoms with Gasteiger partial charge in [0.15, 0.2) is 0 Å². The first-order valence-corrected chi connectivity index (χ1v) is 9.68. The third-order valence-electron chi connectivity index (χ3n) is 4.88. The molecule has 5 heteroatoms. The molecule has 146 valence electrons. The highest BCUT2D eigenvalue weighted by molar-refractivity contribution is 6.09. The van der Waals surface area contributed by atoms with Crippen LogP contribution >= 0.6 is 0 Å². The largest absolute Gasteiger partial charge is 0.461 e. The molecule has 2 aromatic carbocycles. The third-order valence-corrected chi connectivity index (χ3v) is 4.88. The number of fused-ring (bicyclic) bond motifs is 3. The summed E-state index contributed by atoms with van der Waals surface area (Å²) < 4.78 is 5.09. The summed E-state index contributed by atoms with van der Waals surface area (Å²) in [4.78, 5) is 22.0. The van der Waals surface area contributed by atoms with Crippen LogP contribution < -0.4 is 4.90 Å². The number of hydrogen-bond acceptors (Lipinski definition) is 4. The van der Waals surface area contributed by atoms with E-state index in [2.05, 4.69) is 51.8 Å². The van der Waals surface area contributed by atoms with E-state index in [1.807, 2.05) is 24.3 Å². The number of carbonyl (C=O) groups is 1. The van der Waals surface area contributed by atoms with E-state index in [0.717, 1.165) is 40.6 Å². The lowest BCUT2D eigenvalue weighted by atomic mass is 10.1. The molecule has 0 atom stereocenters. The summed E-state index contributed by atoms with van der Waals surface area (Å²) in [6, 6.07) is 18.5. The Bertz CT molecular complexity index is 1160. The predicted octanol–water partition coefficient (Wildman–Crippen LogP) is 5.09. The summed E-state index contributed by atoms with van der Waals surface area (Å²) in [5, 5.41) is 2.01. The molecule has 0 bridgehead atoms. The number of nitrogens with zero attached hydrogens (tertiary/aromatic N) is 2. The van der Waals surface area contributed by atoms with Crippen LogP contribution in [0.2, 0.25) is 0 Å². The molecule has 0 amide bonds. The van der Waals surface area contributed by atoms with Crippen LogP contribution in [0, 0.1) is 0 Å². The van der Waals surface area contributed by atoms with Gasteiger partial charge in [-0.25, -0.2) is 9.78 Å². The Labute approximate surface area is 169 Å². The first kappa shape index (κ1) is 18.7. The molecular weight excluding hydrogens is 362 g/mol. The number of ether oxygens (including phenoxy) is 1. The number of nitrogens with one attached hydrogen (secondary N) is 1. The lowest BCUT2D eigenvalue weighted by Gasteiger charge is -2.23. The van der Waals surface area contributed by atoms with E-state index in [0.29, 0.717) is 12.3 Å². The molecule has 0 spiro atoms. The van der Waals surface area contributed by atoms with Crippen molar-refractivity contribution in [2.45, 2.75) is 13.5 Å². The molecule has 0 saturated heterocycles.